The van der Waals surface area contributed by atoms with Crippen molar-refractivity contribution in [1.29, 1.82) is 0 Å². The largest absolute Gasteiger partial charge is 0.508 e. The van der Waals surface area contributed by atoms with Gasteiger partial charge in [-0.05, 0) is 19.9 Å². The van der Waals surface area contributed by atoms with Gasteiger partial charge in [-0.25, -0.2) is 15.2 Å². The molecule has 1 saturated heterocycles. The molecule has 3 rings (SSSR count). The normalized spacial score (nSPS) is 21.4. The minimum absolute atomic E-state index is 0.0171. The molecule has 0 radical (unpaired) electrons. The molecule has 4 N–H and O–H groups in total. The number of rotatable bonds is 6. The van der Waals surface area contributed by atoms with E-state index < -0.39 is 17.7 Å². The molecule has 1 fully saturated rings. The number of carbonyl (C=O) groups excluding carboxylic acids is 1. The molecule has 0 bridgehead atoms. The molecule has 0 amide bonds. The fourth-order valence-corrected chi connectivity index (χ4v) is 3.25. The molecule has 146 valence electrons. The van der Waals surface area contributed by atoms with Crippen LogP contribution < -0.4 is 10.9 Å². The summed E-state index contributed by atoms with van der Waals surface area (Å²) in [7, 11) is 0. The molecule has 0 aromatic heterocycles. The number of carboxylic acids is 1. The number of phenolic OH excluding ortho intramolecular Hbond substituents is 1. The number of Topliss-reactive ketones (excluding diaryl/α,β-unsaturated/α-hetero) is 1. The van der Waals surface area contributed by atoms with Crippen molar-refractivity contribution in [3.8, 4) is 5.75 Å². The highest BCUT2D eigenvalue weighted by Crippen LogP contribution is 2.35. The molecular formula is C20H22N4O4. The summed E-state index contributed by atoms with van der Waals surface area (Å²) in [5.74, 6) is -1.02. The van der Waals surface area contributed by atoms with Gasteiger partial charge < -0.3 is 15.1 Å². The third-order valence-corrected chi connectivity index (χ3v) is 4.77. The van der Waals surface area contributed by atoms with Crippen LogP contribution in [0.2, 0.25) is 0 Å². The first-order valence-corrected chi connectivity index (χ1v) is 8.81. The monoisotopic (exact) mass is 382 g/mol. The fraction of sp³-hybridized carbons (Fsp3) is 0.250. The first-order chi connectivity index (χ1) is 13.3. The Labute approximate surface area is 162 Å². The minimum Gasteiger partial charge on any atom is -0.508 e. The molecule has 8 nitrogen and oxygen atoms in total. The number of aromatic hydroxyl groups is 1. The third kappa shape index (κ3) is 3.54. The van der Waals surface area contributed by atoms with Crippen LogP contribution in [-0.4, -0.2) is 45.4 Å². The summed E-state index contributed by atoms with van der Waals surface area (Å²) in [6.07, 6.45) is 0. The molecule has 1 aliphatic heterocycles. The van der Waals surface area contributed by atoms with E-state index in [1.807, 2.05) is 6.07 Å². The van der Waals surface area contributed by atoms with Crippen LogP contribution in [0.4, 0.5) is 0 Å². The zero-order valence-corrected chi connectivity index (χ0v) is 15.6. The van der Waals surface area contributed by atoms with Crippen molar-refractivity contribution in [3.05, 3.63) is 65.7 Å². The van der Waals surface area contributed by atoms with Gasteiger partial charge in [0.25, 0.3) is 0 Å². The second kappa shape index (κ2) is 7.69. The number of nitrogens with zero attached hydrogens (tertiary/aromatic N) is 2. The van der Waals surface area contributed by atoms with Gasteiger partial charge in [0.05, 0.1) is 0 Å². The van der Waals surface area contributed by atoms with E-state index in [4.69, 9.17) is 0 Å². The second-order valence-electron chi connectivity index (χ2n) is 6.65. The van der Waals surface area contributed by atoms with Gasteiger partial charge in [-0.15, -0.1) is 0 Å². The van der Waals surface area contributed by atoms with Gasteiger partial charge in [-0.3, -0.25) is 10.2 Å². The maximum Gasteiger partial charge on any atom is 0.326 e. The van der Waals surface area contributed by atoms with Crippen LogP contribution in [0.3, 0.4) is 0 Å². The van der Waals surface area contributed by atoms with Crippen molar-refractivity contribution in [1.82, 2.24) is 15.8 Å². The van der Waals surface area contributed by atoms with E-state index in [1.54, 1.807) is 49.4 Å². The van der Waals surface area contributed by atoms with Gasteiger partial charge >= 0.3 is 5.97 Å². The van der Waals surface area contributed by atoms with E-state index in [-0.39, 0.29) is 24.0 Å². The Kier molecular flexibility index (Phi) is 5.32. The van der Waals surface area contributed by atoms with Crippen LogP contribution >= 0.6 is 0 Å². The molecule has 2 unspecified atom stereocenters. The Bertz CT molecular complexity index is 915. The number of guanidine groups is 1. The molecule has 2 aromatic carbocycles. The Morgan fingerprint density at radius 1 is 1.14 bits per heavy atom. The van der Waals surface area contributed by atoms with Crippen LogP contribution in [-0.2, 0) is 10.5 Å². The average Bonchev–Trinajstić information content (AvgIpc) is 3.03. The summed E-state index contributed by atoms with van der Waals surface area (Å²) >= 11 is 0. The summed E-state index contributed by atoms with van der Waals surface area (Å²) in [6.45, 7) is 3.10. The van der Waals surface area contributed by atoms with E-state index in [0.29, 0.717) is 11.1 Å². The number of nitrogens with one attached hydrogen (secondary N) is 2. The van der Waals surface area contributed by atoms with Gasteiger partial charge in [-0.2, -0.15) is 0 Å². The Hall–Kier alpha value is -3.39. The number of hydrazine groups is 1. The highest BCUT2D eigenvalue weighted by Gasteiger charge is 2.47. The highest BCUT2D eigenvalue weighted by atomic mass is 16.4. The molecule has 8 heteroatoms. The smallest absolute Gasteiger partial charge is 0.326 e. The SMILES string of the molecule is CC(C(=O)O)N1C(=NCC(=O)c2ccccc2)NNC1(C)c1ccccc1O. The summed E-state index contributed by atoms with van der Waals surface area (Å²) in [5, 5.41) is 19.9. The van der Waals surface area contributed by atoms with Crippen LogP contribution in [0.25, 0.3) is 0 Å². The third-order valence-electron chi connectivity index (χ3n) is 4.77. The predicted octanol–water partition coefficient (Wildman–Crippen LogP) is 1.69. The fourth-order valence-electron chi connectivity index (χ4n) is 3.25. The van der Waals surface area contributed by atoms with E-state index in [1.165, 1.54) is 17.9 Å². The second-order valence-corrected chi connectivity index (χ2v) is 6.65. The van der Waals surface area contributed by atoms with Crippen LogP contribution in [0.1, 0.15) is 29.8 Å². The van der Waals surface area contributed by atoms with Gasteiger partial charge in [0, 0.05) is 11.1 Å². The van der Waals surface area contributed by atoms with E-state index >= 15 is 0 Å². The van der Waals surface area contributed by atoms with E-state index in [9.17, 15) is 19.8 Å². The molecule has 0 saturated carbocycles. The van der Waals surface area contributed by atoms with Crippen LogP contribution in [0.15, 0.2) is 59.6 Å². The number of hydrogen-bond donors (Lipinski definition) is 4. The lowest BCUT2D eigenvalue weighted by Crippen LogP contribution is -2.53. The zero-order chi connectivity index (χ0) is 20.3. The number of benzene rings is 2. The number of phenols is 1. The number of hydrogen-bond acceptors (Lipinski definition) is 5. The lowest BCUT2D eigenvalue weighted by molar-refractivity contribution is -0.142. The summed E-state index contributed by atoms with van der Waals surface area (Å²) < 4.78 is 0. The predicted molar refractivity (Wildman–Crippen MR) is 104 cm³/mol. The zero-order valence-electron chi connectivity index (χ0n) is 15.6. The Balaban J connectivity index is 1.94. The maximum atomic E-state index is 12.4. The molecule has 2 atom stereocenters. The summed E-state index contributed by atoms with van der Waals surface area (Å²) in [6, 6.07) is 14.4. The van der Waals surface area contributed by atoms with Crippen molar-refractivity contribution < 1.29 is 19.8 Å². The van der Waals surface area contributed by atoms with E-state index in [2.05, 4.69) is 15.8 Å². The Morgan fingerprint density at radius 2 is 1.79 bits per heavy atom. The molecule has 28 heavy (non-hydrogen) atoms. The van der Waals surface area contributed by atoms with Crippen molar-refractivity contribution >= 4 is 17.7 Å². The number of aliphatic carboxylic acids is 1. The number of carboxylic acid groups (broad SMARTS) is 1. The number of para-hydroxylation sites is 1. The summed E-state index contributed by atoms with van der Waals surface area (Å²) in [4.78, 5) is 29.9. The maximum absolute atomic E-state index is 12.4. The van der Waals surface area contributed by atoms with Crippen molar-refractivity contribution in [2.24, 2.45) is 4.99 Å². The standard InChI is InChI=1S/C20H22N4O4/c1-13(18(27)28)24-19(21-12-17(26)14-8-4-3-5-9-14)22-23-20(24,2)15-10-6-7-11-16(15)25/h3-11,13,23,25H,12H2,1-2H3,(H,21,22)(H,27,28). The van der Waals surface area contributed by atoms with Gasteiger partial charge in [0.1, 0.15) is 24.0 Å². The average molecular weight is 382 g/mol. The lowest BCUT2D eigenvalue weighted by atomic mass is 9.98. The highest BCUT2D eigenvalue weighted by molar-refractivity contribution is 5.99. The number of aliphatic imine (C=N–C) groups is 1. The quantitative estimate of drug-likeness (QED) is 0.562. The van der Waals surface area contributed by atoms with E-state index in [0.717, 1.165) is 0 Å². The summed E-state index contributed by atoms with van der Waals surface area (Å²) in [5.41, 5.74) is 5.79. The van der Waals surface area contributed by atoms with Crippen molar-refractivity contribution in [2.75, 3.05) is 6.54 Å². The number of carbonyl (C=O) groups is 2. The molecule has 1 heterocycles. The van der Waals surface area contributed by atoms with Gasteiger partial charge in [0.15, 0.2) is 5.78 Å². The van der Waals surface area contributed by atoms with Crippen LogP contribution in [0, 0.1) is 0 Å². The molecular weight excluding hydrogens is 360 g/mol. The number of ketones is 1. The molecule has 1 aliphatic rings. The van der Waals surface area contributed by atoms with Crippen LogP contribution in [0.5, 0.6) is 5.75 Å². The lowest BCUT2D eigenvalue weighted by Gasteiger charge is -2.37. The Morgan fingerprint density at radius 3 is 2.43 bits per heavy atom. The van der Waals surface area contributed by atoms with Crippen molar-refractivity contribution in [2.45, 2.75) is 25.6 Å². The first-order valence-electron chi connectivity index (χ1n) is 8.81. The van der Waals surface area contributed by atoms with Crippen molar-refractivity contribution in [3.63, 3.8) is 0 Å². The minimum atomic E-state index is -1.09. The molecule has 2 aromatic rings. The molecule has 0 aliphatic carbocycles. The molecule has 0 spiro atoms. The van der Waals surface area contributed by atoms with Gasteiger partial charge in [0.2, 0.25) is 5.96 Å². The topological polar surface area (TPSA) is 114 Å². The first kappa shape index (κ1) is 19.4. The van der Waals surface area contributed by atoms with Gasteiger partial charge in [-0.1, -0.05) is 48.5 Å².